The second-order valence-corrected chi connectivity index (χ2v) is 5.44. The van der Waals surface area contributed by atoms with Gasteiger partial charge in [0.05, 0.1) is 12.8 Å². The average Bonchev–Trinajstić information content (AvgIpc) is 3.03. The standard InChI is InChI=1S/C17H18N2O3/c1-18(11-14-6-4-10-22-14)17(21)12-19-15-7-3-2-5-13(15)8-9-16(19)20/h2-7,10H,8-9,11-12H2,1H3. The van der Waals surface area contributed by atoms with E-state index in [-0.39, 0.29) is 18.4 Å². The van der Waals surface area contributed by atoms with E-state index in [1.807, 2.05) is 30.3 Å². The molecule has 2 aromatic rings. The molecule has 0 N–H and O–H groups in total. The van der Waals surface area contributed by atoms with Gasteiger partial charge in [0, 0.05) is 19.2 Å². The number of anilines is 1. The van der Waals surface area contributed by atoms with Crippen LogP contribution >= 0.6 is 0 Å². The number of carbonyl (C=O) groups excluding carboxylic acids is 2. The summed E-state index contributed by atoms with van der Waals surface area (Å²) in [5.41, 5.74) is 1.96. The first-order valence-corrected chi connectivity index (χ1v) is 7.30. The Morgan fingerprint density at radius 1 is 1.23 bits per heavy atom. The van der Waals surface area contributed by atoms with Crippen LogP contribution in [0.4, 0.5) is 5.69 Å². The van der Waals surface area contributed by atoms with Crippen molar-refractivity contribution in [3.8, 4) is 0 Å². The molecule has 0 fully saturated rings. The van der Waals surface area contributed by atoms with Crippen LogP contribution in [0.5, 0.6) is 0 Å². The number of nitrogens with zero attached hydrogens (tertiary/aromatic N) is 2. The number of carbonyl (C=O) groups is 2. The molecule has 5 nitrogen and oxygen atoms in total. The van der Waals surface area contributed by atoms with Crippen molar-refractivity contribution in [2.45, 2.75) is 19.4 Å². The number of amides is 2. The van der Waals surface area contributed by atoms with Gasteiger partial charge in [-0.15, -0.1) is 0 Å². The maximum atomic E-state index is 12.4. The molecule has 0 saturated heterocycles. The van der Waals surface area contributed by atoms with E-state index in [0.29, 0.717) is 13.0 Å². The van der Waals surface area contributed by atoms with Crippen LogP contribution in [0.2, 0.25) is 0 Å². The zero-order valence-corrected chi connectivity index (χ0v) is 12.5. The molecule has 0 radical (unpaired) electrons. The van der Waals surface area contributed by atoms with Gasteiger partial charge in [0.1, 0.15) is 12.3 Å². The van der Waals surface area contributed by atoms with Gasteiger partial charge in [-0.2, -0.15) is 0 Å². The second kappa shape index (κ2) is 6.05. The van der Waals surface area contributed by atoms with Gasteiger partial charge in [-0.3, -0.25) is 9.59 Å². The van der Waals surface area contributed by atoms with Crippen LogP contribution in [0.3, 0.4) is 0 Å². The van der Waals surface area contributed by atoms with Gasteiger partial charge in [0.25, 0.3) is 0 Å². The van der Waals surface area contributed by atoms with Gasteiger partial charge in [0.2, 0.25) is 11.8 Å². The lowest BCUT2D eigenvalue weighted by atomic mass is 10.0. The summed E-state index contributed by atoms with van der Waals surface area (Å²) >= 11 is 0. The minimum atomic E-state index is -0.110. The van der Waals surface area contributed by atoms with E-state index in [2.05, 4.69) is 0 Å². The number of fused-ring (bicyclic) bond motifs is 1. The molecule has 0 saturated carbocycles. The topological polar surface area (TPSA) is 53.8 Å². The maximum Gasteiger partial charge on any atom is 0.242 e. The van der Waals surface area contributed by atoms with Crippen molar-refractivity contribution < 1.29 is 14.0 Å². The highest BCUT2D eigenvalue weighted by Crippen LogP contribution is 2.27. The number of aryl methyl sites for hydroxylation is 1. The Morgan fingerprint density at radius 3 is 2.82 bits per heavy atom. The molecule has 114 valence electrons. The summed E-state index contributed by atoms with van der Waals surface area (Å²) < 4.78 is 5.25. The van der Waals surface area contributed by atoms with Crippen molar-refractivity contribution in [1.82, 2.24) is 4.90 Å². The van der Waals surface area contributed by atoms with Crippen molar-refractivity contribution >= 4 is 17.5 Å². The van der Waals surface area contributed by atoms with Crippen molar-refractivity contribution in [1.29, 1.82) is 0 Å². The fraction of sp³-hybridized carbons (Fsp3) is 0.294. The highest BCUT2D eigenvalue weighted by Gasteiger charge is 2.26. The molecule has 1 aliphatic heterocycles. The van der Waals surface area contributed by atoms with Gasteiger partial charge < -0.3 is 14.2 Å². The molecule has 1 aromatic heterocycles. The number of hydrogen-bond acceptors (Lipinski definition) is 3. The molecule has 2 amide bonds. The number of para-hydroxylation sites is 1. The van der Waals surface area contributed by atoms with Crippen molar-refractivity contribution in [3.05, 3.63) is 54.0 Å². The SMILES string of the molecule is CN(Cc1ccco1)C(=O)CN1C(=O)CCc2ccccc21. The molecule has 0 bridgehead atoms. The lowest BCUT2D eigenvalue weighted by Crippen LogP contribution is -2.43. The van der Waals surface area contributed by atoms with E-state index in [1.54, 1.807) is 29.2 Å². The van der Waals surface area contributed by atoms with Crippen LogP contribution in [-0.4, -0.2) is 30.3 Å². The van der Waals surface area contributed by atoms with Gasteiger partial charge in [0.15, 0.2) is 0 Å². The lowest BCUT2D eigenvalue weighted by Gasteiger charge is -2.30. The van der Waals surface area contributed by atoms with Crippen LogP contribution in [0, 0.1) is 0 Å². The molecule has 2 heterocycles. The smallest absolute Gasteiger partial charge is 0.242 e. The van der Waals surface area contributed by atoms with Gasteiger partial charge in [-0.1, -0.05) is 18.2 Å². The van der Waals surface area contributed by atoms with Crippen LogP contribution in [0.1, 0.15) is 17.7 Å². The molecule has 22 heavy (non-hydrogen) atoms. The third-order valence-electron chi connectivity index (χ3n) is 3.88. The highest BCUT2D eigenvalue weighted by atomic mass is 16.3. The Kier molecular flexibility index (Phi) is 3.96. The Bertz CT molecular complexity index is 679. The predicted octanol–water partition coefficient (Wildman–Crippen LogP) is 2.22. The minimum absolute atomic E-state index is 0.00144. The largest absolute Gasteiger partial charge is 0.467 e. The summed E-state index contributed by atoms with van der Waals surface area (Å²) in [7, 11) is 1.71. The van der Waals surface area contributed by atoms with E-state index in [1.165, 1.54) is 0 Å². The summed E-state index contributed by atoms with van der Waals surface area (Å²) in [6.45, 7) is 0.461. The second-order valence-electron chi connectivity index (χ2n) is 5.44. The Labute approximate surface area is 129 Å². The first-order valence-electron chi connectivity index (χ1n) is 7.30. The number of hydrogen-bond donors (Lipinski definition) is 0. The lowest BCUT2D eigenvalue weighted by molar-refractivity contribution is -0.131. The number of rotatable bonds is 4. The normalized spacial score (nSPS) is 13.9. The quantitative estimate of drug-likeness (QED) is 0.869. The summed E-state index contributed by atoms with van der Waals surface area (Å²) in [5, 5.41) is 0. The first-order chi connectivity index (χ1) is 10.6. The van der Waals surface area contributed by atoms with Gasteiger partial charge in [-0.25, -0.2) is 0 Å². The molecule has 0 aliphatic carbocycles. The predicted molar refractivity (Wildman–Crippen MR) is 82.3 cm³/mol. The Morgan fingerprint density at radius 2 is 2.05 bits per heavy atom. The molecule has 5 heteroatoms. The Balaban J connectivity index is 1.72. The van der Waals surface area contributed by atoms with Crippen molar-refractivity contribution in [2.24, 2.45) is 0 Å². The van der Waals surface area contributed by atoms with E-state index in [0.717, 1.165) is 23.4 Å². The molecular formula is C17H18N2O3. The summed E-state index contributed by atoms with van der Waals surface area (Å²) in [6.07, 6.45) is 2.77. The molecule has 1 aromatic carbocycles. The molecule has 3 rings (SSSR count). The van der Waals surface area contributed by atoms with Crippen molar-refractivity contribution in [3.63, 3.8) is 0 Å². The number of benzene rings is 1. The number of furan rings is 1. The average molecular weight is 298 g/mol. The third-order valence-corrected chi connectivity index (χ3v) is 3.88. The van der Waals surface area contributed by atoms with E-state index in [4.69, 9.17) is 4.42 Å². The van der Waals surface area contributed by atoms with E-state index < -0.39 is 0 Å². The van der Waals surface area contributed by atoms with Crippen LogP contribution < -0.4 is 4.90 Å². The molecule has 0 atom stereocenters. The molecule has 0 unspecified atom stereocenters. The molecular weight excluding hydrogens is 280 g/mol. The van der Waals surface area contributed by atoms with E-state index >= 15 is 0 Å². The fourth-order valence-electron chi connectivity index (χ4n) is 2.65. The van der Waals surface area contributed by atoms with Crippen LogP contribution in [-0.2, 0) is 22.6 Å². The first kappa shape index (κ1) is 14.4. The van der Waals surface area contributed by atoms with Crippen LogP contribution in [0.15, 0.2) is 47.1 Å². The zero-order chi connectivity index (χ0) is 15.5. The highest BCUT2D eigenvalue weighted by molar-refractivity contribution is 6.00. The molecule has 1 aliphatic rings. The number of likely N-dealkylation sites (N-methyl/N-ethyl adjacent to an activating group) is 1. The monoisotopic (exact) mass is 298 g/mol. The van der Waals surface area contributed by atoms with Gasteiger partial charge >= 0.3 is 0 Å². The molecule has 0 spiro atoms. The zero-order valence-electron chi connectivity index (χ0n) is 12.5. The van der Waals surface area contributed by atoms with E-state index in [9.17, 15) is 9.59 Å². The summed E-state index contributed by atoms with van der Waals surface area (Å²) in [4.78, 5) is 27.7. The maximum absolute atomic E-state index is 12.4. The Hall–Kier alpha value is -2.56. The fourth-order valence-corrected chi connectivity index (χ4v) is 2.65. The van der Waals surface area contributed by atoms with Crippen LogP contribution in [0.25, 0.3) is 0 Å². The van der Waals surface area contributed by atoms with Crippen molar-refractivity contribution in [2.75, 3.05) is 18.5 Å². The van der Waals surface area contributed by atoms with Gasteiger partial charge in [-0.05, 0) is 30.2 Å². The summed E-state index contributed by atoms with van der Waals surface area (Å²) in [5.74, 6) is 0.612. The minimum Gasteiger partial charge on any atom is -0.467 e. The third kappa shape index (κ3) is 2.88. The summed E-state index contributed by atoms with van der Waals surface area (Å²) in [6, 6.07) is 11.4.